The fraction of sp³-hybridized carbons (Fsp3) is 0. The molecule has 0 aliphatic rings. The van der Waals surface area contributed by atoms with E-state index in [9.17, 15) is 0 Å². The van der Waals surface area contributed by atoms with Crippen LogP contribution in [0.5, 0.6) is 0 Å². The van der Waals surface area contributed by atoms with Gasteiger partial charge in [-0.15, -0.1) is 0 Å². The normalized spacial score (nSPS) is 10.8. The number of aromatic nitrogens is 1. The first kappa shape index (κ1) is 9.12. The van der Waals surface area contributed by atoms with Gasteiger partial charge in [-0.25, -0.2) is 4.98 Å². The third-order valence-electron chi connectivity index (χ3n) is 2.72. The molecular formula is C13H11N3. The number of nitrogens with two attached hydrogens (primary N) is 1. The number of rotatable bonds is 1. The van der Waals surface area contributed by atoms with Gasteiger partial charge in [-0.05, 0) is 24.3 Å². The van der Waals surface area contributed by atoms with E-state index in [0.29, 0.717) is 0 Å². The number of hydrogen-bond acceptors (Lipinski definition) is 3. The zero-order valence-electron chi connectivity index (χ0n) is 8.64. The highest BCUT2D eigenvalue weighted by atomic mass is 15.2. The van der Waals surface area contributed by atoms with E-state index in [1.165, 1.54) is 0 Å². The Hall–Kier alpha value is -2.13. The van der Waals surface area contributed by atoms with E-state index >= 15 is 0 Å². The lowest BCUT2D eigenvalue weighted by atomic mass is 10.1. The molecule has 3 nitrogen and oxygen atoms in total. The molecule has 0 amide bonds. The second-order valence-electron chi connectivity index (χ2n) is 3.70. The van der Waals surface area contributed by atoms with Crippen molar-refractivity contribution < 1.29 is 0 Å². The van der Waals surface area contributed by atoms with Gasteiger partial charge in [0.15, 0.2) is 0 Å². The molecule has 3 rings (SSSR count). The van der Waals surface area contributed by atoms with Crippen LogP contribution < -0.4 is 11.3 Å². The zero-order chi connectivity index (χ0) is 11.0. The first-order valence-corrected chi connectivity index (χ1v) is 5.13. The topological polar surface area (TPSA) is 50.9 Å². The number of para-hydroxylation sites is 1. The molecule has 0 spiro atoms. The molecule has 0 aliphatic carbocycles. The summed E-state index contributed by atoms with van der Waals surface area (Å²) in [5.41, 5.74) is 5.55. The van der Waals surface area contributed by atoms with E-state index in [1.54, 1.807) is 0 Å². The van der Waals surface area contributed by atoms with Crippen molar-refractivity contribution in [2.24, 2.45) is 5.84 Å². The molecule has 0 saturated carbocycles. The molecule has 3 heteroatoms. The van der Waals surface area contributed by atoms with Crippen LogP contribution in [0.4, 0.5) is 5.69 Å². The third-order valence-corrected chi connectivity index (χ3v) is 2.72. The Morgan fingerprint density at radius 1 is 0.938 bits per heavy atom. The third kappa shape index (κ3) is 1.30. The summed E-state index contributed by atoms with van der Waals surface area (Å²) in [5, 5.41) is 2.17. The van der Waals surface area contributed by atoms with Gasteiger partial charge in [-0.2, -0.15) is 0 Å². The van der Waals surface area contributed by atoms with Gasteiger partial charge < -0.3 is 5.43 Å². The summed E-state index contributed by atoms with van der Waals surface area (Å²) in [5.74, 6) is 5.48. The number of nitrogens with one attached hydrogen (secondary N) is 1. The highest BCUT2D eigenvalue weighted by Gasteiger charge is 2.02. The number of fused-ring (bicyclic) bond motifs is 2. The molecule has 0 radical (unpaired) electrons. The van der Waals surface area contributed by atoms with Crippen LogP contribution in [0.25, 0.3) is 21.8 Å². The molecule has 1 heterocycles. The van der Waals surface area contributed by atoms with E-state index in [1.807, 2.05) is 36.4 Å². The van der Waals surface area contributed by atoms with Crippen LogP contribution in [0, 0.1) is 0 Å². The van der Waals surface area contributed by atoms with Gasteiger partial charge in [0.25, 0.3) is 0 Å². The number of hydrogen-bond donors (Lipinski definition) is 2. The van der Waals surface area contributed by atoms with Crippen molar-refractivity contribution in [2.45, 2.75) is 0 Å². The maximum atomic E-state index is 5.48. The molecule has 78 valence electrons. The molecular weight excluding hydrogens is 198 g/mol. The lowest BCUT2D eigenvalue weighted by Crippen LogP contribution is -2.07. The van der Waals surface area contributed by atoms with Crippen molar-refractivity contribution in [2.75, 3.05) is 5.43 Å². The minimum absolute atomic E-state index is 0.899. The van der Waals surface area contributed by atoms with Crippen molar-refractivity contribution in [3.63, 3.8) is 0 Å². The predicted molar refractivity (Wildman–Crippen MR) is 67.1 cm³/mol. The fourth-order valence-corrected chi connectivity index (χ4v) is 1.92. The van der Waals surface area contributed by atoms with E-state index in [-0.39, 0.29) is 0 Å². The minimum atomic E-state index is 0.899. The van der Waals surface area contributed by atoms with Crippen LogP contribution in [0.3, 0.4) is 0 Å². The van der Waals surface area contributed by atoms with Crippen LogP contribution >= 0.6 is 0 Å². The first-order chi connectivity index (χ1) is 7.88. The molecule has 1 aromatic heterocycles. The van der Waals surface area contributed by atoms with Crippen molar-refractivity contribution in [1.82, 2.24) is 4.98 Å². The van der Waals surface area contributed by atoms with Gasteiger partial charge in [0, 0.05) is 10.8 Å². The Bertz CT molecular complexity index is 661. The summed E-state index contributed by atoms with van der Waals surface area (Å²) < 4.78 is 0. The summed E-state index contributed by atoms with van der Waals surface area (Å²) in [6, 6.07) is 16.0. The minimum Gasteiger partial charge on any atom is -0.323 e. The summed E-state index contributed by atoms with van der Waals surface area (Å²) in [6.45, 7) is 0. The lowest BCUT2D eigenvalue weighted by molar-refractivity contribution is 1.36. The Balaban J connectivity index is 2.46. The average molecular weight is 209 g/mol. The maximum Gasteiger partial charge on any atom is 0.0731 e. The molecule has 2 aromatic carbocycles. The summed E-state index contributed by atoms with van der Waals surface area (Å²) in [4.78, 5) is 4.59. The molecule has 0 saturated heterocycles. The van der Waals surface area contributed by atoms with Gasteiger partial charge in [0.1, 0.15) is 0 Å². The second kappa shape index (κ2) is 3.47. The van der Waals surface area contributed by atoms with Crippen LogP contribution in [-0.4, -0.2) is 4.98 Å². The van der Waals surface area contributed by atoms with E-state index in [2.05, 4.69) is 22.5 Å². The molecule has 0 atom stereocenters. The number of pyridine rings is 1. The molecule has 3 aromatic rings. The Morgan fingerprint density at radius 3 is 2.62 bits per heavy atom. The van der Waals surface area contributed by atoms with Gasteiger partial charge in [-0.1, -0.05) is 24.3 Å². The quantitative estimate of drug-likeness (QED) is 0.368. The highest BCUT2D eigenvalue weighted by Crippen LogP contribution is 2.25. The van der Waals surface area contributed by atoms with Gasteiger partial charge >= 0.3 is 0 Å². The smallest absolute Gasteiger partial charge is 0.0731 e. The van der Waals surface area contributed by atoms with Crippen LogP contribution in [-0.2, 0) is 0 Å². The first-order valence-electron chi connectivity index (χ1n) is 5.13. The Kier molecular flexibility index (Phi) is 1.98. The highest BCUT2D eigenvalue weighted by molar-refractivity contribution is 5.99. The maximum absolute atomic E-state index is 5.48. The number of benzene rings is 2. The number of hydrazine groups is 1. The number of nitrogen functional groups attached to an aromatic ring is 1. The Labute approximate surface area is 92.9 Å². The SMILES string of the molecule is NNc1cccc2nc3ccccc3cc12. The number of nitrogens with zero attached hydrogens (tertiary/aromatic N) is 1. The van der Waals surface area contributed by atoms with Crippen LogP contribution in [0.15, 0.2) is 48.5 Å². The lowest BCUT2D eigenvalue weighted by Gasteiger charge is -2.06. The molecule has 16 heavy (non-hydrogen) atoms. The largest absolute Gasteiger partial charge is 0.323 e. The monoisotopic (exact) mass is 209 g/mol. The molecule has 0 bridgehead atoms. The van der Waals surface area contributed by atoms with Crippen LogP contribution in [0.2, 0.25) is 0 Å². The van der Waals surface area contributed by atoms with Gasteiger partial charge in [-0.3, -0.25) is 5.84 Å². The van der Waals surface area contributed by atoms with Crippen LogP contribution in [0.1, 0.15) is 0 Å². The van der Waals surface area contributed by atoms with Crippen molar-refractivity contribution in [3.8, 4) is 0 Å². The molecule has 0 unspecified atom stereocenters. The molecule has 3 N–H and O–H groups in total. The van der Waals surface area contributed by atoms with Gasteiger partial charge in [0.05, 0.1) is 16.7 Å². The summed E-state index contributed by atoms with van der Waals surface area (Å²) >= 11 is 0. The average Bonchev–Trinajstić information content (AvgIpc) is 2.35. The van der Waals surface area contributed by atoms with Crippen molar-refractivity contribution in [1.29, 1.82) is 0 Å². The van der Waals surface area contributed by atoms with Crippen molar-refractivity contribution in [3.05, 3.63) is 48.5 Å². The van der Waals surface area contributed by atoms with E-state index in [0.717, 1.165) is 27.5 Å². The summed E-state index contributed by atoms with van der Waals surface area (Å²) in [6.07, 6.45) is 0. The van der Waals surface area contributed by atoms with E-state index in [4.69, 9.17) is 5.84 Å². The molecule has 0 fully saturated rings. The Morgan fingerprint density at radius 2 is 1.75 bits per heavy atom. The van der Waals surface area contributed by atoms with E-state index < -0.39 is 0 Å². The summed E-state index contributed by atoms with van der Waals surface area (Å²) in [7, 11) is 0. The van der Waals surface area contributed by atoms with Crippen molar-refractivity contribution >= 4 is 27.5 Å². The molecule has 0 aliphatic heterocycles. The predicted octanol–water partition coefficient (Wildman–Crippen LogP) is 2.67. The zero-order valence-corrected chi connectivity index (χ0v) is 8.64. The van der Waals surface area contributed by atoms with Gasteiger partial charge in [0.2, 0.25) is 0 Å². The number of anilines is 1. The standard InChI is InChI=1S/C13H11N3/c14-16-13-7-3-6-12-10(13)8-9-4-1-2-5-11(9)15-12/h1-8,16H,14H2. The second-order valence-corrected chi connectivity index (χ2v) is 3.70. The fourth-order valence-electron chi connectivity index (χ4n) is 1.92.